The number of hydrogen-bond acceptors (Lipinski definition) is 4. The molecule has 0 rings (SSSR count). The van der Waals surface area contributed by atoms with Crippen molar-refractivity contribution >= 4 is 12.1 Å². The van der Waals surface area contributed by atoms with E-state index < -0.39 is 18.6 Å². The molecule has 0 unspecified atom stereocenters. The third-order valence-electron chi connectivity index (χ3n) is 1.40. The minimum absolute atomic E-state index is 0.0154. The zero-order valence-corrected chi connectivity index (χ0v) is 8.18. The smallest absolute Gasteiger partial charge is 0.410 e. The average Bonchev–Trinajstić information content (AvgIpc) is 2.20. The molecular weight excluding hydrogens is 200 g/mol. The Morgan fingerprint density at radius 3 is 2.73 bits per heavy atom. The zero-order chi connectivity index (χ0) is 11.7. The second-order valence-corrected chi connectivity index (χ2v) is 2.59. The largest absolute Gasteiger partial charge is 0.480 e. The van der Waals surface area contributed by atoms with Crippen molar-refractivity contribution in [3.05, 3.63) is 12.7 Å². The summed E-state index contributed by atoms with van der Waals surface area (Å²) in [5.74, 6) is -1.15. The molecule has 15 heavy (non-hydrogen) atoms. The Morgan fingerprint density at radius 2 is 2.27 bits per heavy atom. The van der Waals surface area contributed by atoms with Crippen molar-refractivity contribution in [3.63, 3.8) is 0 Å². The topological polar surface area (TPSA) is 90.6 Å². The van der Waals surface area contributed by atoms with E-state index in [0.29, 0.717) is 0 Å². The van der Waals surface area contributed by atoms with Crippen molar-refractivity contribution in [1.82, 2.24) is 4.90 Å². The third-order valence-corrected chi connectivity index (χ3v) is 1.40. The maximum absolute atomic E-state index is 11.2. The number of ether oxygens (including phenoxy) is 1. The predicted octanol–water partition coefficient (Wildman–Crippen LogP) is 0.609. The minimum atomic E-state index is -1.15. The lowest BCUT2D eigenvalue weighted by atomic mass is 10.4. The van der Waals surface area contributed by atoms with Crippen LogP contribution in [0.4, 0.5) is 4.79 Å². The molecule has 0 radical (unpaired) electrons. The molecule has 0 fully saturated rings. The Morgan fingerprint density at radius 1 is 1.60 bits per heavy atom. The van der Waals surface area contributed by atoms with Gasteiger partial charge in [0, 0.05) is 6.54 Å². The van der Waals surface area contributed by atoms with E-state index in [-0.39, 0.29) is 19.6 Å². The normalized spacial score (nSPS) is 8.73. The van der Waals surface area contributed by atoms with Gasteiger partial charge in [0.05, 0.1) is 12.5 Å². The highest BCUT2D eigenvalue weighted by Crippen LogP contribution is 1.96. The molecule has 6 heteroatoms. The Kier molecular flexibility index (Phi) is 6.38. The highest BCUT2D eigenvalue weighted by molar-refractivity contribution is 5.76. The van der Waals surface area contributed by atoms with Gasteiger partial charge in [0.15, 0.2) is 0 Å². The van der Waals surface area contributed by atoms with Crippen LogP contribution < -0.4 is 0 Å². The molecular formula is C9H12N2O4. The lowest BCUT2D eigenvalue weighted by Gasteiger charge is -2.18. The Hall–Kier alpha value is -2.03. The van der Waals surface area contributed by atoms with E-state index in [2.05, 4.69) is 11.3 Å². The van der Waals surface area contributed by atoms with Gasteiger partial charge in [-0.25, -0.2) is 4.79 Å². The molecule has 0 aliphatic carbocycles. The average molecular weight is 212 g/mol. The fraction of sp³-hybridized carbons (Fsp3) is 0.444. The van der Waals surface area contributed by atoms with Gasteiger partial charge in [-0.2, -0.15) is 5.26 Å². The molecule has 0 heterocycles. The minimum Gasteiger partial charge on any atom is -0.480 e. The molecule has 0 aliphatic rings. The van der Waals surface area contributed by atoms with Crippen molar-refractivity contribution < 1.29 is 19.4 Å². The van der Waals surface area contributed by atoms with E-state index in [0.717, 1.165) is 4.90 Å². The zero-order valence-electron chi connectivity index (χ0n) is 8.18. The maximum atomic E-state index is 11.2. The quantitative estimate of drug-likeness (QED) is 0.651. The lowest BCUT2D eigenvalue weighted by Crippen LogP contribution is -2.36. The summed E-state index contributed by atoms with van der Waals surface area (Å²) in [6.45, 7) is 2.93. The molecule has 0 aromatic carbocycles. The van der Waals surface area contributed by atoms with Gasteiger partial charge in [-0.1, -0.05) is 12.7 Å². The van der Waals surface area contributed by atoms with Gasteiger partial charge in [-0.3, -0.25) is 9.69 Å². The summed E-state index contributed by atoms with van der Waals surface area (Å²) < 4.78 is 4.65. The van der Waals surface area contributed by atoms with Crippen LogP contribution in [-0.4, -0.2) is 41.8 Å². The van der Waals surface area contributed by atoms with Crippen molar-refractivity contribution in [3.8, 4) is 6.07 Å². The molecule has 82 valence electrons. The second kappa shape index (κ2) is 7.38. The number of rotatable bonds is 6. The first-order valence-electron chi connectivity index (χ1n) is 4.23. The molecule has 6 nitrogen and oxygen atoms in total. The van der Waals surface area contributed by atoms with Crippen molar-refractivity contribution in [2.24, 2.45) is 0 Å². The molecule has 0 atom stereocenters. The van der Waals surface area contributed by atoms with E-state index >= 15 is 0 Å². The van der Waals surface area contributed by atoms with Gasteiger partial charge in [-0.05, 0) is 0 Å². The number of carboxylic acid groups (broad SMARTS) is 1. The third kappa shape index (κ3) is 6.10. The molecule has 0 spiro atoms. The summed E-state index contributed by atoms with van der Waals surface area (Å²) in [4.78, 5) is 22.6. The van der Waals surface area contributed by atoms with Crippen LogP contribution in [0.25, 0.3) is 0 Å². The summed E-state index contributed by atoms with van der Waals surface area (Å²) in [6.07, 6.45) is 0.685. The van der Waals surface area contributed by atoms with Crippen molar-refractivity contribution in [2.45, 2.75) is 6.42 Å². The van der Waals surface area contributed by atoms with Crippen LogP contribution in [0.1, 0.15) is 6.42 Å². The maximum Gasteiger partial charge on any atom is 0.410 e. The van der Waals surface area contributed by atoms with Crippen LogP contribution in [0.3, 0.4) is 0 Å². The van der Waals surface area contributed by atoms with Crippen molar-refractivity contribution in [2.75, 3.05) is 19.7 Å². The van der Waals surface area contributed by atoms with Gasteiger partial charge >= 0.3 is 12.1 Å². The molecule has 0 aromatic rings. The van der Waals surface area contributed by atoms with Crippen molar-refractivity contribution in [1.29, 1.82) is 5.26 Å². The first kappa shape index (κ1) is 13.0. The van der Waals surface area contributed by atoms with E-state index in [1.807, 2.05) is 6.07 Å². The van der Waals surface area contributed by atoms with E-state index in [9.17, 15) is 9.59 Å². The summed E-state index contributed by atoms with van der Waals surface area (Å²) in [5, 5.41) is 16.8. The molecule has 1 amide bonds. The number of carbonyl (C=O) groups excluding carboxylic acids is 1. The second-order valence-electron chi connectivity index (χ2n) is 2.59. The molecule has 0 saturated carbocycles. The summed E-state index contributed by atoms with van der Waals surface area (Å²) in [5.41, 5.74) is 0. The SMILES string of the molecule is C=CCOC(=O)N(CCC#N)CC(=O)O. The number of amides is 1. The number of nitrogens with zero attached hydrogens (tertiary/aromatic N) is 2. The summed E-state index contributed by atoms with van der Waals surface area (Å²) in [7, 11) is 0. The molecule has 0 bridgehead atoms. The van der Waals surface area contributed by atoms with Gasteiger partial charge in [0.1, 0.15) is 13.2 Å². The summed E-state index contributed by atoms with van der Waals surface area (Å²) in [6, 6.07) is 1.82. The number of carboxylic acids is 1. The number of carbonyl (C=O) groups is 2. The van der Waals surface area contributed by atoms with Crippen LogP contribution >= 0.6 is 0 Å². The molecule has 0 saturated heterocycles. The number of hydrogen-bond donors (Lipinski definition) is 1. The highest BCUT2D eigenvalue weighted by Gasteiger charge is 2.16. The molecule has 0 aliphatic heterocycles. The summed E-state index contributed by atoms with van der Waals surface area (Å²) >= 11 is 0. The molecule has 0 aromatic heterocycles. The highest BCUT2D eigenvalue weighted by atomic mass is 16.6. The van der Waals surface area contributed by atoms with Gasteiger partial charge in [0.2, 0.25) is 0 Å². The van der Waals surface area contributed by atoms with Gasteiger partial charge in [-0.15, -0.1) is 0 Å². The van der Waals surface area contributed by atoms with Crippen LogP contribution in [-0.2, 0) is 9.53 Å². The van der Waals surface area contributed by atoms with Crippen LogP contribution in [0.2, 0.25) is 0 Å². The standard InChI is InChI=1S/C9H12N2O4/c1-2-6-15-9(14)11(5-3-4-10)7-8(12)13/h2H,1,3,5-7H2,(H,12,13). The predicted molar refractivity (Wildman–Crippen MR) is 51.0 cm³/mol. The van der Waals surface area contributed by atoms with Crippen LogP contribution in [0.15, 0.2) is 12.7 Å². The monoisotopic (exact) mass is 212 g/mol. The van der Waals surface area contributed by atoms with E-state index in [1.165, 1.54) is 6.08 Å². The first-order chi connectivity index (χ1) is 7.11. The molecule has 1 N–H and O–H groups in total. The first-order valence-corrected chi connectivity index (χ1v) is 4.23. The number of aliphatic carboxylic acids is 1. The van der Waals surface area contributed by atoms with E-state index in [1.54, 1.807) is 0 Å². The fourth-order valence-corrected chi connectivity index (χ4v) is 0.805. The van der Waals surface area contributed by atoms with Crippen LogP contribution in [0, 0.1) is 11.3 Å². The fourth-order valence-electron chi connectivity index (χ4n) is 0.805. The lowest BCUT2D eigenvalue weighted by molar-refractivity contribution is -0.138. The Labute approximate surface area is 87.4 Å². The Balaban J connectivity index is 4.20. The Bertz CT molecular complexity index is 282. The number of nitriles is 1. The van der Waals surface area contributed by atoms with Gasteiger partial charge < -0.3 is 9.84 Å². The van der Waals surface area contributed by atoms with Crippen LogP contribution in [0.5, 0.6) is 0 Å². The van der Waals surface area contributed by atoms with Gasteiger partial charge in [0.25, 0.3) is 0 Å². The van der Waals surface area contributed by atoms with E-state index in [4.69, 9.17) is 10.4 Å².